The lowest BCUT2D eigenvalue weighted by Crippen LogP contribution is -2.53. The van der Waals surface area contributed by atoms with Crippen LogP contribution in [0.25, 0.3) is 10.8 Å². The Bertz CT molecular complexity index is 942. The van der Waals surface area contributed by atoms with Gasteiger partial charge in [-0.25, -0.2) is 0 Å². The molecule has 3 unspecified atom stereocenters. The molecule has 0 N–H and O–H groups in total. The van der Waals surface area contributed by atoms with Crippen molar-refractivity contribution in [2.45, 2.75) is 102 Å². The molecule has 2 aromatic rings. The Labute approximate surface area is 194 Å². The zero-order chi connectivity index (χ0) is 22.3. The number of hydrogen-bond acceptors (Lipinski definition) is 3. The fourth-order valence-electron chi connectivity index (χ4n) is 7.61. The van der Waals surface area contributed by atoms with Gasteiger partial charge in [-0.05, 0) is 100 Å². The number of hydrogen-bond donors (Lipinski definition) is 0. The summed E-state index contributed by atoms with van der Waals surface area (Å²) in [5.74, 6) is 1.31. The highest BCUT2D eigenvalue weighted by Gasteiger charge is 2.53. The normalized spacial score (nSPS) is 38.0. The molecule has 2 heterocycles. The molecule has 3 heteroatoms. The number of benzene rings is 1. The van der Waals surface area contributed by atoms with Crippen molar-refractivity contribution in [1.82, 2.24) is 9.88 Å². The van der Waals surface area contributed by atoms with Crippen LogP contribution in [0.2, 0.25) is 0 Å². The Balaban J connectivity index is 1.48. The van der Waals surface area contributed by atoms with Gasteiger partial charge in [-0.3, -0.25) is 4.98 Å². The number of aromatic nitrogens is 1. The van der Waals surface area contributed by atoms with E-state index in [2.05, 4.69) is 62.1 Å². The molecule has 0 bridgehead atoms. The highest BCUT2D eigenvalue weighted by molar-refractivity contribution is 5.82. The first-order chi connectivity index (χ1) is 15.4. The molecule has 0 radical (unpaired) electrons. The maximum absolute atomic E-state index is 7.42. The Hall–Kier alpha value is -1.45. The lowest BCUT2D eigenvalue weighted by Gasteiger charge is -2.51. The smallest absolute Gasteiger partial charge is 0.0726 e. The van der Waals surface area contributed by atoms with E-state index < -0.39 is 0 Å². The first-order valence-electron chi connectivity index (χ1n) is 13.1. The van der Waals surface area contributed by atoms with E-state index in [4.69, 9.17) is 4.74 Å². The maximum atomic E-state index is 7.42. The monoisotopic (exact) mass is 434 g/mol. The predicted octanol–water partition coefficient (Wildman–Crippen LogP) is 6.96. The van der Waals surface area contributed by atoms with Crippen molar-refractivity contribution in [3.63, 3.8) is 0 Å². The molecule has 3 fully saturated rings. The standard InChI is InChI=1S/C29H42N2O/c1-5-29-19-25(31(3)4)12-11-24(29)8-6-7-16-28(2)26(13-14-27(28)32-29)22-10-9-21-15-17-30-20-23(21)18-22/h9-10,15,17-18,20,24-27H,5-8,11-14,16,19H2,1-4H3/t24?,25-,26?,27?,28-,29+/m0/s1. The van der Waals surface area contributed by atoms with Crippen LogP contribution in [0.15, 0.2) is 36.7 Å². The van der Waals surface area contributed by atoms with Gasteiger partial charge in [-0.15, -0.1) is 0 Å². The summed E-state index contributed by atoms with van der Waals surface area (Å²) < 4.78 is 7.42. The van der Waals surface area contributed by atoms with Gasteiger partial charge >= 0.3 is 0 Å². The Morgan fingerprint density at radius 2 is 1.91 bits per heavy atom. The molecule has 5 rings (SSSR count). The van der Waals surface area contributed by atoms with Gasteiger partial charge in [0.1, 0.15) is 0 Å². The minimum atomic E-state index is 0.0612. The summed E-state index contributed by atoms with van der Waals surface area (Å²) in [4.78, 5) is 6.82. The van der Waals surface area contributed by atoms with E-state index in [0.29, 0.717) is 18.1 Å². The fourth-order valence-corrected chi connectivity index (χ4v) is 7.61. The highest BCUT2D eigenvalue weighted by atomic mass is 16.5. The molecule has 0 spiro atoms. The molecule has 32 heavy (non-hydrogen) atoms. The van der Waals surface area contributed by atoms with E-state index in [1.54, 1.807) is 0 Å². The molecule has 3 aliphatic rings. The predicted molar refractivity (Wildman–Crippen MR) is 133 cm³/mol. The van der Waals surface area contributed by atoms with Crippen LogP contribution in [0.3, 0.4) is 0 Å². The number of ether oxygens (including phenoxy) is 1. The van der Waals surface area contributed by atoms with Crippen LogP contribution in [0, 0.1) is 11.3 Å². The molecule has 1 saturated heterocycles. The third kappa shape index (κ3) is 3.80. The topological polar surface area (TPSA) is 25.4 Å². The second kappa shape index (κ2) is 8.72. The fraction of sp³-hybridized carbons (Fsp3) is 0.690. The van der Waals surface area contributed by atoms with Crippen molar-refractivity contribution in [2.24, 2.45) is 11.3 Å². The number of pyridine rings is 1. The van der Waals surface area contributed by atoms with Crippen molar-refractivity contribution in [1.29, 1.82) is 0 Å². The summed E-state index contributed by atoms with van der Waals surface area (Å²) in [5, 5.41) is 2.56. The quantitative estimate of drug-likeness (QED) is 0.522. The first kappa shape index (κ1) is 22.3. The molecule has 3 nitrogen and oxygen atoms in total. The molecule has 2 aliphatic carbocycles. The van der Waals surface area contributed by atoms with Gasteiger partial charge in [0.25, 0.3) is 0 Å². The number of nitrogens with zero attached hydrogens (tertiary/aromatic N) is 2. The third-order valence-electron chi connectivity index (χ3n) is 9.71. The molecule has 174 valence electrons. The highest BCUT2D eigenvalue weighted by Crippen LogP contribution is 2.57. The Morgan fingerprint density at radius 1 is 1.03 bits per heavy atom. The zero-order valence-corrected chi connectivity index (χ0v) is 20.6. The number of rotatable bonds is 3. The third-order valence-corrected chi connectivity index (χ3v) is 9.71. The Kier molecular flexibility index (Phi) is 6.09. The molecule has 2 saturated carbocycles. The SMILES string of the molecule is CC[C@@]12C[C@@H](N(C)C)CCC1CCCC[C@]1(C)C(CCC1c1ccc3ccncc3c1)O2. The summed E-state index contributed by atoms with van der Waals surface area (Å²) in [6, 6.07) is 9.87. The molecular formula is C29H42N2O. The lowest BCUT2D eigenvalue weighted by atomic mass is 9.69. The van der Waals surface area contributed by atoms with Gasteiger partial charge in [-0.1, -0.05) is 38.8 Å². The van der Waals surface area contributed by atoms with Gasteiger partial charge < -0.3 is 9.64 Å². The van der Waals surface area contributed by atoms with Gasteiger partial charge in [0.05, 0.1) is 11.7 Å². The van der Waals surface area contributed by atoms with Crippen molar-refractivity contribution in [2.75, 3.05) is 14.1 Å². The maximum Gasteiger partial charge on any atom is 0.0726 e. The van der Waals surface area contributed by atoms with Gasteiger partial charge in [0.2, 0.25) is 0 Å². The van der Waals surface area contributed by atoms with Crippen LogP contribution in [0.4, 0.5) is 0 Å². The van der Waals surface area contributed by atoms with Crippen LogP contribution in [-0.4, -0.2) is 41.7 Å². The summed E-state index contributed by atoms with van der Waals surface area (Å²) >= 11 is 0. The van der Waals surface area contributed by atoms with Crippen LogP contribution in [0.5, 0.6) is 0 Å². The van der Waals surface area contributed by atoms with Crippen LogP contribution in [-0.2, 0) is 4.74 Å². The molecule has 6 atom stereocenters. The van der Waals surface area contributed by atoms with Crippen molar-refractivity contribution < 1.29 is 4.74 Å². The Morgan fingerprint density at radius 3 is 2.72 bits per heavy atom. The summed E-state index contributed by atoms with van der Waals surface area (Å²) in [5.41, 5.74) is 1.78. The largest absolute Gasteiger partial charge is 0.371 e. The lowest BCUT2D eigenvalue weighted by molar-refractivity contribution is -0.181. The van der Waals surface area contributed by atoms with Crippen molar-refractivity contribution >= 4 is 10.8 Å². The van der Waals surface area contributed by atoms with Crippen LogP contribution < -0.4 is 0 Å². The van der Waals surface area contributed by atoms with Gasteiger partial charge in [0, 0.05) is 29.2 Å². The van der Waals surface area contributed by atoms with E-state index >= 15 is 0 Å². The van der Waals surface area contributed by atoms with E-state index in [-0.39, 0.29) is 11.0 Å². The molecule has 1 aromatic heterocycles. The minimum absolute atomic E-state index is 0.0612. The van der Waals surface area contributed by atoms with Gasteiger partial charge in [-0.2, -0.15) is 0 Å². The second-order valence-electron chi connectivity index (χ2n) is 11.5. The van der Waals surface area contributed by atoms with Crippen LogP contribution >= 0.6 is 0 Å². The average Bonchev–Trinajstić information content (AvgIpc) is 3.14. The second-order valence-corrected chi connectivity index (χ2v) is 11.5. The number of fused-ring (bicyclic) bond motifs is 3. The summed E-state index contributed by atoms with van der Waals surface area (Å²) in [7, 11) is 4.52. The molecular weight excluding hydrogens is 392 g/mol. The van der Waals surface area contributed by atoms with E-state index in [0.717, 1.165) is 12.3 Å². The van der Waals surface area contributed by atoms with Crippen molar-refractivity contribution in [3.8, 4) is 0 Å². The van der Waals surface area contributed by atoms with E-state index in [9.17, 15) is 0 Å². The average molecular weight is 435 g/mol. The molecule has 1 aromatic carbocycles. The van der Waals surface area contributed by atoms with Crippen LogP contribution in [0.1, 0.15) is 89.5 Å². The summed E-state index contributed by atoms with van der Waals surface area (Å²) in [6.45, 7) is 4.95. The van der Waals surface area contributed by atoms with Gasteiger partial charge in [0.15, 0.2) is 0 Å². The summed E-state index contributed by atoms with van der Waals surface area (Å²) in [6.07, 6.45) is 17.1. The molecule has 0 amide bonds. The first-order valence-corrected chi connectivity index (χ1v) is 13.1. The van der Waals surface area contributed by atoms with E-state index in [1.807, 2.05) is 12.4 Å². The zero-order valence-electron chi connectivity index (χ0n) is 20.6. The van der Waals surface area contributed by atoms with E-state index in [1.165, 1.54) is 74.1 Å². The minimum Gasteiger partial charge on any atom is -0.371 e. The van der Waals surface area contributed by atoms with Crippen molar-refractivity contribution in [3.05, 3.63) is 42.2 Å². The molecule has 1 aliphatic heterocycles.